The SMILES string of the molecule is Cc1cc(C)c2c(c1)NC(=O)C2(C)C. The molecule has 2 nitrogen and oxygen atoms in total. The van der Waals surface area contributed by atoms with Gasteiger partial charge in [0.1, 0.15) is 0 Å². The Morgan fingerprint density at radius 1 is 1.21 bits per heavy atom. The molecule has 0 aromatic heterocycles. The van der Waals surface area contributed by atoms with Gasteiger partial charge >= 0.3 is 0 Å². The Bertz CT molecular complexity index is 419. The number of carbonyl (C=O) groups excluding carboxylic acids is 1. The third-order valence-electron chi connectivity index (χ3n) is 2.92. The molecule has 14 heavy (non-hydrogen) atoms. The van der Waals surface area contributed by atoms with Crippen molar-refractivity contribution < 1.29 is 4.79 Å². The predicted molar refractivity (Wildman–Crippen MR) is 57.6 cm³/mol. The first-order valence-electron chi connectivity index (χ1n) is 4.86. The fraction of sp³-hybridized carbons (Fsp3) is 0.417. The highest BCUT2D eigenvalue weighted by Crippen LogP contribution is 2.39. The van der Waals surface area contributed by atoms with E-state index in [2.05, 4.69) is 18.3 Å². The molecule has 0 radical (unpaired) electrons. The molecule has 0 unspecified atom stereocenters. The largest absolute Gasteiger partial charge is 0.325 e. The second kappa shape index (κ2) is 2.59. The molecule has 1 aliphatic heterocycles. The van der Waals surface area contributed by atoms with Crippen molar-refractivity contribution in [3.63, 3.8) is 0 Å². The molecule has 0 bridgehead atoms. The predicted octanol–water partition coefficient (Wildman–Crippen LogP) is 2.53. The molecule has 2 rings (SSSR count). The number of rotatable bonds is 0. The van der Waals surface area contributed by atoms with E-state index in [1.807, 2.05) is 26.8 Å². The quantitative estimate of drug-likeness (QED) is 0.667. The summed E-state index contributed by atoms with van der Waals surface area (Å²) in [5.41, 5.74) is 4.14. The Kier molecular flexibility index (Phi) is 1.71. The molecule has 0 saturated carbocycles. The van der Waals surface area contributed by atoms with Crippen molar-refractivity contribution >= 4 is 11.6 Å². The summed E-state index contributed by atoms with van der Waals surface area (Å²) < 4.78 is 0. The number of benzene rings is 1. The highest BCUT2D eigenvalue weighted by molar-refractivity contribution is 6.06. The molecule has 0 aliphatic carbocycles. The molecule has 0 saturated heterocycles. The molecule has 1 heterocycles. The summed E-state index contributed by atoms with van der Waals surface area (Å²) in [6, 6.07) is 4.16. The van der Waals surface area contributed by atoms with Gasteiger partial charge in [0.25, 0.3) is 0 Å². The molecule has 0 atom stereocenters. The van der Waals surface area contributed by atoms with Crippen molar-refractivity contribution in [1.82, 2.24) is 0 Å². The number of aryl methyl sites for hydroxylation is 2. The van der Waals surface area contributed by atoms with E-state index in [0.717, 1.165) is 11.3 Å². The van der Waals surface area contributed by atoms with E-state index in [0.29, 0.717) is 0 Å². The third kappa shape index (κ3) is 1.07. The Labute approximate surface area is 84.3 Å². The van der Waals surface area contributed by atoms with Crippen molar-refractivity contribution in [2.45, 2.75) is 33.1 Å². The van der Waals surface area contributed by atoms with Gasteiger partial charge in [0.2, 0.25) is 5.91 Å². The summed E-state index contributed by atoms with van der Waals surface area (Å²) in [6.45, 7) is 8.05. The first-order valence-corrected chi connectivity index (χ1v) is 4.86. The van der Waals surface area contributed by atoms with Crippen LogP contribution in [0.25, 0.3) is 0 Å². The minimum Gasteiger partial charge on any atom is -0.325 e. The summed E-state index contributed by atoms with van der Waals surface area (Å²) in [5, 5.41) is 2.93. The molecule has 1 aliphatic rings. The number of anilines is 1. The Morgan fingerprint density at radius 2 is 1.86 bits per heavy atom. The van der Waals surface area contributed by atoms with Crippen LogP contribution in [0.2, 0.25) is 0 Å². The van der Waals surface area contributed by atoms with Crippen LogP contribution in [-0.4, -0.2) is 5.91 Å². The van der Waals surface area contributed by atoms with Crippen LogP contribution in [0.1, 0.15) is 30.5 Å². The second-order valence-electron chi connectivity index (χ2n) is 4.58. The van der Waals surface area contributed by atoms with Crippen LogP contribution < -0.4 is 5.32 Å². The standard InChI is InChI=1S/C12H15NO/c1-7-5-8(2)10-9(6-7)13-11(14)12(10,3)4/h5-6H,1-4H3,(H,13,14). The lowest BCUT2D eigenvalue weighted by molar-refractivity contribution is -0.119. The zero-order valence-electron chi connectivity index (χ0n) is 9.06. The van der Waals surface area contributed by atoms with Gasteiger partial charge in [0.05, 0.1) is 5.41 Å². The van der Waals surface area contributed by atoms with Crippen LogP contribution in [0.4, 0.5) is 5.69 Å². The van der Waals surface area contributed by atoms with Crippen molar-refractivity contribution in [2.75, 3.05) is 5.32 Å². The molecule has 74 valence electrons. The van der Waals surface area contributed by atoms with Gasteiger partial charge in [-0.2, -0.15) is 0 Å². The number of carbonyl (C=O) groups is 1. The fourth-order valence-corrected chi connectivity index (χ4v) is 2.29. The lowest BCUT2D eigenvalue weighted by Crippen LogP contribution is -2.27. The number of fused-ring (bicyclic) bond motifs is 1. The average molecular weight is 189 g/mol. The zero-order chi connectivity index (χ0) is 10.5. The van der Waals surface area contributed by atoms with Crippen molar-refractivity contribution in [2.24, 2.45) is 0 Å². The summed E-state index contributed by atoms with van der Waals surface area (Å²) in [6.07, 6.45) is 0. The van der Waals surface area contributed by atoms with E-state index < -0.39 is 0 Å². The maximum atomic E-state index is 11.7. The van der Waals surface area contributed by atoms with E-state index >= 15 is 0 Å². The molecule has 0 fully saturated rings. The number of nitrogens with one attached hydrogen (secondary N) is 1. The van der Waals surface area contributed by atoms with E-state index in [1.165, 1.54) is 11.1 Å². The van der Waals surface area contributed by atoms with Crippen LogP contribution in [0.3, 0.4) is 0 Å². The lowest BCUT2D eigenvalue weighted by Gasteiger charge is -2.17. The van der Waals surface area contributed by atoms with Crippen LogP contribution in [0.15, 0.2) is 12.1 Å². The third-order valence-corrected chi connectivity index (χ3v) is 2.92. The zero-order valence-corrected chi connectivity index (χ0v) is 9.06. The maximum absolute atomic E-state index is 11.7. The van der Waals surface area contributed by atoms with Crippen LogP contribution in [0.5, 0.6) is 0 Å². The molecule has 1 amide bonds. The van der Waals surface area contributed by atoms with Gasteiger partial charge in [0, 0.05) is 5.69 Å². The van der Waals surface area contributed by atoms with E-state index in [-0.39, 0.29) is 11.3 Å². The number of hydrogen-bond acceptors (Lipinski definition) is 1. The van der Waals surface area contributed by atoms with E-state index in [4.69, 9.17) is 0 Å². The second-order valence-corrected chi connectivity index (χ2v) is 4.58. The molecule has 1 aromatic rings. The number of hydrogen-bond donors (Lipinski definition) is 1. The van der Waals surface area contributed by atoms with E-state index in [1.54, 1.807) is 0 Å². The minimum absolute atomic E-state index is 0.0983. The van der Waals surface area contributed by atoms with Crippen molar-refractivity contribution in [1.29, 1.82) is 0 Å². The summed E-state index contributed by atoms with van der Waals surface area (Å²) >= 11 is 0. The highest BCUT2D eigenvalue weighted by atomic mass is 16.2. The van der Waals surface area contributed by atoms with Gasteiger partial charge < -0.3 is 5.32 Å². The average Bonchev–Trinajstić information content (AvgIpc) is 2.21. The first kappa shape index (κ1) is 9.25. The molecular formula is C12H15NO. The van der Waals surface area contributed by atoms with Crippen LogP contribution in [0, 0.1) is 13.8 Å². The van der Waals surface area contributed by atoms with Gasteiger partial charge in [-0.3, -0.25) is 4.79 Å². The van der Waals surface area contributed by atoms with Crippen LogP contribution >= 0.6 is 0 Å². The Morgan fingerprint density at radius 3 is 2.50 bits per heavy atom. The number of amides is 1. The fourth-order valence-electron chi connectivity index (χ4n) is 2.29. The molecule has 0 spiro atoms. The highest BCUT2D eigenvalue weighted by Gasteiger charge is 2.39. The van der Waals surface area contributed by atoms with Crippen molar-refractivity contribution in [3.8, 4) is 0 Å². The molecule has 2 heteroatoms. The summed E-state index contributed by atoms with van der Waals surface area (Å²) in [5.74, 6) is 0.0983. The van der Waals surface area contributed by atoms with Gasteiger partial charge in [0.15, 0.2) is 0 Å². The maximum Gasteiger partial charge on any atom is 0.234 e. The smallest absolute Gasteiger partial charge is 0.234 e. The lowest BCUT2D eigenvalue weighted by atomic mass is 9.83. The molecular weight excluding hydrogens is 174 g/mol. The van der Waals surface area contributed by atoms with Gasteiger partial charge in [-0.1, -0.05) is 6.07 Å². The first-order chi connectivity index (χ1) is 6.43. The topological polar surface area (TPSA) is 29.1 Å². The Hall–Kier alpha value is -1.31. The normalized spacial score (nSPS) is 17.9. The summed E-state index contributed by atoms with van der Waals surface area (Å²) in [4.78, 5) is 11.7. The monoisotopic (exact) mass is 189 g/mol. The molecule has 1 N–H and O–H groups in total. The van der Waals surface area contributed by atoms with E-state index in [9.17, 15) is 4.79 Å². The van der Waals surface area contributed by atoms with Gasteiger partial charge in [-0.15, -0.1) is 0 Å². The van der Waals surface area contributed by atoms with Crippen molar-refractivity contribution in [3.05, 3.63) is 28.8 Å². The van der Waals surface area contributed by atoms with Gasteiger partial charge in [-0.25, -0.2) is 0 Å². The summed E-state index contributed by atoms with van der Waals surface area (Å²) in [7, 11) is 0. The Balaban J connectivity index is 2.71. The van der Waals surface area contributed by atoms with Crippen LogP contribution in [-0.2, 0) is 10.2 Å². The minimum atomic E-state index is -0.382. The molecule has 1 aromatic carbocycles. The van der Waals surface area contributed by atoms with Gasteiger partial charge in [-0.05, 0) is 50.5 Å².